The third-order valence-electron chi connectivity index (χ3n) is 4.69. The number of unbranched alkanes of at least 4 members (excludes halogenated alkanes) is 3. The molecule has 0 aliphatic carbocycles. The summed E-state index contributed by atoms with van der Waals surface area (Å²) in [5.41, 5.74) is 0. The first-order chi connectivity index (χ1) is 10.6. The Morgan fingerprint density at radius 3 is 1.86 bits per heavy atom. The number of nitrogens with zero attached hydrogens (tertiary/aromatic N) is 1. The quantitative estimate of drug-likeness (QED) is 0.350. The van der Waals surface area contributed by atoms with Crippen LogP contribution in [0, 0.1) is 5.92 Å². The maximum atomic E-state index is 4.82. The first kappa shape index (κ1) is 20.5. The number of aromatic nitrogens is 1. The Kier molecular flexibility index (Phi) is 10.3. The molecular formula is C19H37NSSn. The molecule has 3 heteroatoms. The van der Waals surface area contributed by atoms with Gasteiger partial charge in [-0.3, -0.25) is 0 Å². The van der Waals surface area contributed by atoms with Crippen LogP contribution in [-0.4, -0.2) is 23.4 Å². The SMILES string of the molecule is CCC[CH2][Sn]([CH2]CCC)([CH2]CCC)[c]1cnc(CC(C)C)s1. The first-order valence-electron chi connectivity index (χ1n) is 9.53. The Labute approximate surface area is 147 Å². The summed E-state index contributed by atoms with van der Waals surface area (Å²) < 4.78 is 6.48. The molecule has 0 aliphatic rings. The predicted octanol–water partition coefficient (Wildman–Crippen LogP) is 6.40. The second-order valence-electron chi connectivity index (χ2n) is 7.31. The molecule has 0 saturated heterocycles. The van der Waals surface area contributed by atoms with E-state index in [4.69, 9.17) is 4.98 Å². The van der Waals surface area contributed by atoms with Gasteiger partial charge in [0.05, 0.1) is 0 Å². The fourth-order valence-corrected chi connectivity index (χ4v) is 23.3. The molecule has 0 atom stereocenters. The molecule has 1 nitrogen and oxygen atoms in total. The molecule has 1 aromatic rings. The van der Waals surface area contributed by atoms with Crippen LogP contribution in [0.5, 0.6) is 0 Å². The molecule has 0 aromatic carbocycles. The van der Waals surface area contributed by atoms with E-state index < -0.39 is 18.4 Å². The van der Waals surface area contributed by atoms with Crippen molar-refractivity contribution in [1.29, 1.82) is 0 Å². The molecule has 0 fully saturated rings. The molecule has 22 heavy (non-hydrogen) atoms. The molecule has 0 spiro atoms. The van der Waals surface area contributed by atoms with Crippen LogP contribution in [-0.2, 0) is 6.42 Å². The van der Waals surface area contributed by atoms with E-state index in [1.165, 1.54) is 50.0 Å². The Balaban J connectivity index is 2.99. The van der Waals surface area contributed by atoms with Crippen molar-refractivity contribution in [3.05, 3.63) is 11.2 Å². The summed E-state index contributed by atoms with van der Waals surface area (Å²) in [5.74, 6) is 0.727. The van der Waals surface area contributed by atoms with Crippen LogP contribution in [0.3, 0.4) is 0 Å². The molecule has 1 heterocycles. The standard InChI is InChI=1S/C7H10NS.3C4H9.Sn/c1-6(2)5-7-8-3-4-9-7;3*1-3-4-2;/h3,6H,5H2,1-2H3;3*1,3-4H2,2H3;. The van der Waals surface area contributed by atoms with Gasteiger partial charge in [0.25, 0.3) is 0 Å². The second kappa shape index (κ2) is 11.1. The molecule has 0 N–H and O–H groups in total. The second-order valence-corrected chi connectivity index (χ2v) is 22.6. The van der Waals surface area contributed by atoms with Gasteiger partial charge in [-0.05, 0) is 0 Å². The van der Waals surface area contributed by atoms with Crippen LogP contribution in [0.1, 0.15) is 78.2 Å². The van der Waals surface area contributed by atoms with Gasteiger partial charge in [-0.15, -0.1) is 0 Å². The van der Waals surface area contributed by atoms with Gasteiger partial charge >= 0.3 is 148 Å². The zero-order valence-electron chi connectivity index (χ0n) is 15.6. The Morgan fingerprint density at radius 2 is 1.45 bits per heavy atom. The van der Waals surface area contributed by atoms with Crippen LogP contribution >= 0.6 is 11.3 Å². The fraction of sp³-hybridized carbons (Fsp3) is 0.842. The number of hydrogen-bond donors (Lipinski definition) is 0. The van der Waals surface area contributed by atoms with E-state index in [-0.39, 0.29) is 0 Å². The fourth-order valence-electron chi connectivity index (χ4n) is 3.29. The van der Waals surface area contributed by atoms with E-state index in [1.807, 2.05) is 0 Å². The summed E-state index contributed by atoms with van der Waals surface area (Å²) in [7, 11) is 0. The topological polar surface area (TPSA) is 12.9 Å². The maximum absolute atomic E-state index is 4.82. The number of hydrogen-bond acceptors (Lipinski definition) is 2. The summed E-state index contributed by atoms with van der Waals surface area (Å²) in [6.45, 7) is 11.7. The van der Waals surface area contributed by atoms with Gasteiger partial charge in [-0.2, -0.15) is 0 Å². The van der Waals surface area contributed by atoms with E-state index in [2.05, 4.69) is 52.2 Å². The zero-order valence-corrected chi connectivity index (χ0v) is 19.3. The van der Waals surface area contributed by atoms with Crippen LogP contribution < -0.4 is 2.89 Å². The molecule has 128 valence electrons. The Morgan fingerprint density at radius 1 is 0.955 bits per heavy atom. The minimum atomic E-state index is -2.19. The predicted molar refractivity (Wildman–Crippen MR) is 105 cm³/mol. The summed E-state index contributed by atoms with van der Waals surface area (Å²) >= 11 is -0.0879. The van der Waals surface area contributed by atoms with Crippen molar-refractivity contribution >= 4 is 32.6 Å². The molecule has 0 bridgehead atoms. The van der Waals surface area contributed by atoms with E-state index >= 15 is 0 Å². The van der Waals surface area contributed by atoms with Gasteiger partial charge in [0.15, 0.2) is 0 Å². The zero-order chi connectivity index (χ0) is 16.4. The van der Waals surface area contributed by atoms with Gasteiger partial charge in [-0.1, -0.05) is 0 Å². The van der Waals surface area contributed by atoms with Gasteiger partial charge in [0, 0.05) is 0 Å². The van der Waals surface area contributed by atoms with E-state index in [9.17, 15) is 0 Å². The van der Waals surface area contributed by atoms with Crippen molar-refractivity contribution in [1.82, 2.24) is 4.98 Å². The average Bonchev–Trinajstić information content (AvgIpc) is 2.95. The molecule has 0 radical (unpaired) electrons. The van der Waals surface area contributed by atoms with Crippen LogP contribution in [0.4, 0.5) is 0 Å². The van der Waals surface area contributed by atoms with E-state index in [1.54, 1.807) is 16.2 Å². The number of thiazole rings is 1. The number of rotatable bonds is 12. The molecule has 1 rings (SSSR count). The van der Waals surface area contributed by atoms with Crippen molar-refractivity contribution in [2.24, 2.45) is 5.92 Å². The van der Waals surface area contributed by atoms with Crippen molar-refractivity contribution in [3.63, 3.8) is 0 Å². The van der Waals surface area contributed by atoms with E-state index in [0.717, 1.165) is 5.92 Å². The van der Waals surface area contributed by atoms with Crippen molar-refractivity contribution in [3.8, 4) is 0 Å². The molecule has 0 saturated carbocycles. The third-order valence-corrected chi connectivity index (χ3v) is 23.9. The van der Waals surface area contributed by atoms with Gasteiger partial charge in [0.2, 0.25) is 0 Å². The molecule has 0 aliphatic heterocycles. The summed E-state index contributed by atoms with van der Waals surface area (Å²) in [6.07, 6.45) is 11.9. The van der Waals surface area contributed by atoms with E-state index in [0.29, 0.717) is 0 Å². The van der Waals surface area contributed by atoms with Crippen LogP contribution in [0.15, 0.2) is 6.20 Å². The average molecular weight is 430 g/mol. The van der Waals surface area contributed by atoms with Gasteiger partial charge < -0.3 is 0 Å². The van der Waals surface area contributed by atoms with Crippen molar-refractivity contribution in [2.75, 3.05) is 0 Å². The molecular weight excluding hydrogens is 393 g/mol. The summed E-state index contributed by atoms with van der Waals surface area (Å²) in [5, 5.41) is 1.40. The monoisotopic (exact) mass is 431 g/mol. The third kappa shape index (κ3) is 6.51. The Hall–Kier alpha value is 0.429. The Bertz CT molecular complexity index is 378. The van der Waals surface area contributed by atoms with Gasteiger partial charge in [-0.25, -0.2) is 0 Å². The van der Waals surface area contributed by atoms with Crippen molar-refractivity contribution in [2.45, 2.75) is 92.9 Å². The minimum absolute atomic E-state index is 0.727. The van der Waals surface area contributed by atoms with Crippen LogP contribution in [0.25, 0.3) is 0 Å². The van der Waals surface area contributed by atoms with Crippen molar-refractivity contribution < 1.29 is 0 Å². The summed E-state index contributed by atoms with van der Waals surface area (Å²) in [6, 6.07) is 0. The normalized spacial score (nSPS) is 12.3. The van der Waals surface area contributed by atoms with Crippen LogP contribution in [0.2, 0.25) is 13.3 Å². The molecule has 1 aromatic heterocycles. The summed E-state index contributed by atoms with van der Waals surface area (Å²) in [4.78, 5) is 4.82. The molecule has 0 amide bonds. The molecule has 0 unspecified atom stereocenters. The first-order valence-corrected chi connectivity index (χ1v) is 17.8. The van der Waals surface area contributed by atoms with Gasteiger partial charge in [0.1, 0.15) is 0 Å².